The van der Waals surface area contributed by atoms with Crippen molar-refractivity contribution in [2.45, 2.75) is 34.1 Å². The van der Waals surface area contributed by atoms with Crippen molar-refractivity contribution in [1.29, 1.82) is 0 Å². The maximum absolute atomic E-state index is 12.2. The summed E-state index contributed by atoms with van der Waals surface area (Å²) in [6, 6.07) is 0. The number of rotatable bonds is 2. The van der Waals surface area contributed by atoms with Gasteiger partial charge in [0.2, 0.25) is 5.91 Å². The normalized spacial score (nSPS) is 27.9. The van der Waals surface area contributed by atoms with Gasteiger partial charge in [-0.25, -0.2) is 0 Å². The van der Waals surface area contributed by atoms with E-state index in [4.69, 9.17) is 5.73 Å². The number of likely N-dealkylation sites (tertiary alicyclic amines) is 1. The Morgan fingerprint density at radius 1 is 1.33 bits per heavy atom. The smallest absolute Gasteiger partial charge is 0.229 e. The predicted octanol–water partition coefficient (Wildman–Crippen LogP) is 1.48. The van der Waals surface area contributed by atoms with E-state index >= 15 is 0 Å². The number of nitrogens with two attached hydrogens (primary N) is 1. The van der Waals surface area contributed by atoms with E-state index in [1.54, 1.807) is 0 Å². The molecule has 2 atom stereocenters. The molecule has 0 aromatic rings. The quantitative estimate of drug-likeness (QED) is 0.753. The van der Waals surface area contributed by atoms with Crippen LogP contribution in [0.15, 0.2) is 0 Å². The van der Waals surface area contributed by atoms with E-state index in [-0.39, 0.29) is 5.91 Å². The summed E-state index contributed by atoms with van der Waals surface area (Å²) in [5.41, 5.74) is 5.23. The summed E-state index contributed by atoms with van der Waals surface area (Å²) >= 11 is 0. The van der Waals surface area contributed by atoms with Crippen LogP contribution in [0, 0.1) is 17.3 Å². The summed E-state index contributed by atoms with van der Waals surface area (Å²) in [4.78, 5) is 14.2. The molecule has 0 aromatic heterocycles. The summed E-state index contributed by atoms with van der Waals surface area (Å²) in [6.07, 6.45) is 1.23. The molecule has 1 aliphatic heterocycles. The Balaban J connectivity index is 2.67. The van der Waals surface area contributed by atoms with Crippen LogP contribution in [0.2, 0.25) is 0 Å². The van der Waals surface area contributed by atoms with Crippen molar-refractivity contribution in [3.8, 4) is 0 Å². The molecule has 1 fully saturated rings. The molecule has 2 N–H and O–H groups in total. The number of hydrogen-bond acceptors (Lipinski definition) is 2. The van der Waals surface area contributed by atoms with Gasteiger partial charge in [0, 0.05) is 19.6 Å². The van der Waals surface area contributed by atoms with Crippen molar-refractivity contribution in [3.05, 3.63) is 0 Å². The molecule has 1 saturated heterocycles. The van der Waals surface area contributed by atoms with Crippen molar-refractivity contribution in [2.24, 2.45) is 23.0 Å². The molecular weight excluding hydrogens is 188 g/mol. The van der Waals surface area contributed by atoms with E-state index in [0.29, 0.717) is 18.4 Å². The number of nitrogens with zero attached hydrogens (tertiary/aromatic N) is 1. The highest BCUT2D eigenvalue weighted by atomic mass is 16.2. The molecular formula is C12H24N2O. The fourth-order valence-corrected chi connectivity index (χ4v) is 2.34. The lowest BCUT2D eigenvalue weighted by Gasteiger charge is -2.39. The summed E-state index contributed by atoms with van der Waals surface area (Å²) in [7, 11) is 0. The zero-order valence-corrected chi connectivity index (χ0v) is 10.4. The first-order chi connectivity index (χ1) is 6.86. The molecule has 15 heavy (non-hydrogen) atoms. The minimum Gasteiger partial charge on any atom is -0.342 e. The van der Waals surface area contributed by atoms with E-state index < -0.39 is 5.41 Å². The average molecular weight is 212 g/mol. The van der Waals surface area contributed by atoms with Crippen LogP contribution < -0.4 is 5.73 Å². The van der Waals surface area contributed by atoms with Crippen LogP contribution in [-0.2, 0) is 4.79 Å². The highest BCUT2D eigenvalue weighted by Gasteiger charge is 2.34. The van der Waals surface area contributed by atoms with Crippen molar-refractivity contribution in [3.63, 3.8) is 0 Å². The Kier molecular flexibility index (Phi) is 3.77. The lowest BCUT2D eigenvalue weighted by molar-refractivity contribution is -0.142. The topological polar surface area (TPSA) is 46.3 Å². The largest absolute Gasteiger partial charge is 0.342 e. The summed E-state index contributed by atoms with van der Waals surface area (Å²) < 4.78 is 0. The van der Waals surface area contributed by atoms with Gasteiger partial charge in [-0.05, 0) is 32.1 Å². The van der Waals surface area contributed by atoms with Gasteiger partial charge in [0.1, 0.15) is 0 Å². The van der Waals surface area contributed by atoms with Gasteiger partial charge >= 0.3 is 0 Å². The maximum atomic E-state index is 12.2. The van der Waals surface area contributed by atoms with Crippen LogP contribution in [-0.4, -0.2) is 30.4 Å². The zero-order chi connectivity index (χ0) is 11.6. The monoisotopic (exact) mass is 212 g/mol. The number of piperidine rings is 1. The molecule has 0 unspecified atom stereocenters. The number of carbonyl (C=O) groups excluding carboxylic acids is 1. The van der Waals surface area contributed by atoms with Gasteiger partial charge in [-0.1, -0.05) is 13.8 Å². The second-order valence-corrected chi connectivity index (χ2v) is 5.74. The Morgan fingerprint density at radius 2 is 1.80 bits per heavy atom. The van der Waals surface area contributed by atoms with Crippen LogP contribution in [0.5, 0.6) is 0 Å². The van der Waals surface area contributed by atoms with Crippen molar-refractivity contribution < 1.29 is 4.79 Å². The molecule has 0 aromatic carbocycles. The van der Waals surface area contributed by atoms with Crippen molar-refractivity contribution in [1.82, 2.24) is 4.90 Å². The predicted molar refractivity (Wildman–Crippen MR) is 62.4 cm³/mol. The molecule has 1 amide bonds. The number of amides is 1. The molecule has 3 nitrogen and oxygen atoms in total. The first kappa shape index (κ1) is 12.5. The summed E-state index contributed by atoms with van der Waals surface area (Å²) in [6.45, 7) is 10.5. The van der Waals surface area contributed by atoms with E-state index in [1.807, 2.05) is 18.7 Å². The second-order valence-electron chi connectivity index (χ2n) is 5.74. The molecule has 0 bridgehead atoms. The van der Waals surface area contributed by atoms with Gasteiger partial charge in [-0.2, -0.15) is 0 Å². The van der Waals surface area contributed by atoms with E-state index in [9.17, 15) is 4.79 Å². The van der Waals surface area contributed by atoms with Crippen LogP contribution in [0.3, 0.4) is 0 Å². The lowest BCUT2D eigenvalue weighted by atomic mass is 9.87. The molecule has 3 heteroatoms. The van der Waals surface area contributed by atoms with Gasteiger partial charge in [-0.15, -0.1) is 0 Å². The maximum Gasteiger partial charge on any atom is 0.229 e. The highest BCUT2D eigenvalue weighted by molar-refractivity contribution is 5.82. The SMILES string of the molecule is C[C@@H]1C[C@@H](C)CN(C(=O)C(C)(C)CN)C1. The first-order valence-electron chi connectivity index (χ1n) is 5.86. The Morgan fingerprint density at radius 3 is 2.20 bits per heavy atom. The Hall–Kier alpha value is -0.570. The van der Waals surface area contributed by atoms with Crippen molar-refractivity contribution >= 4 is 5.91 Å². The van der Waals surface area contributed by atoms with E-state index in [2.05, 4.69) is 13.8 Å². The molecule has 88 valence electrons. The Bertz CT molecular complexity index is 228. The molecule has 1 aliphatic rings. The number of carbonyl (C=O) groups is 1. The third kappa shape index (κ3) is 2.94. The van der Waals surface area contributed by atoms with Crippen LogP contribution in [0.1, 0.15) is 34.1 Å². The molecule has 0 spiro atoms. The Labute approximate surface area is 93.0 Å². The average Bonchev–Trinajstić information content (AvgIpc) is 2.15. The minimum absolute atomic E-state index is 0.211. The standard InChI is InChI=1S/C12H24N2O/c1-9-5-10(2)7-14(6-9)11(15)12(3,4)8-13/h9-10H,5-8,13H2,1-4H3/t9-,10-/m1/s1. The van der Waals surface area contributed by atoms with Crippen LogP contribution >= 0.6 is 0 Å². The van der Waals surface area contributed by atoms with E-state index in [1.165, 1.54) is 6.42 Å². The number of hydrogen-bond donors (Lipinski definition) is 1. The zero-order valence-electron chi connectivity index (χ0n) is 10.4. The van der Waals surface area contributed by atoms with Crippen molar-refractivity contribution in [2.75, 3.05) is 19.6 Å². The second kappa shape index (κ2) is 4.52. The van der Waals surface area contributed by atoms with Crippen LogP contribution in [0.25, 0.3) is 0 Å². The van der Waals surface area contributed by atoms with Gasteiger partial charge < -0.3 is 10.6 Å². The third-order valence-electron chi connectivity index (χ3n) is 3.25. The first-order valence-corrected chi connectivity index (χ1v) is 5.86. The van der Waals surface area contributed by atoms with Crippen LogP contribution in [0.4, 0.5) is 0 Å². The molecule has 0 radical (unpaired) electrons. The fraction of sp³-hybridized carbons (Fsp3) is 0.917. The highest BCUT2D eigenvalue weighted by Crippen LogP contribution is 2.25. The van der Waals surface area contributed by atoms with Gasteiger partial charge in [0.05, 0.1) is 5.41 Å². The molecule has 1 heterocycles. The summed E-state index contributed by atoms with van der Waals surface area (Å²) in [5.74, 6) is 1.45. The summed E-state index contributed by atoms with van der Waals surface area (Å²) in [5, 5.41) is 0. The fourth-order valence-electron chi connectivity index (χ4n) is 2.34. The van der Waals surface area contributed by atoms with Gasteiger partial charge in [0.25, 0.3) is 0 Å². The van der Waals surface area contributed by atoms with Gasteiger partial charge in [0.15, 0.2) is 0 Å². The van der Waals surface area contributed by atoms with Gasteiger partial charge in [-0.3, -0.25) is 4.79 Å². The third-order valence-corrected chi connectivity index (χ3v) is 3.25. The van der Waals surface area contributed by atoms with E-state index in [0.717, 1.165) is 13.1 Å². The molecule has 1 rings (SSSR count). The lowest BCUT2D eigenvalue weighted by Crippen LogP contribution is -2.50. The molecule has 0 aliphatic carbocycles. The molecule has 0 saturated carbocycles. The minimum atomic E-state index is -0.406.